The maximum Gasteiger partial charge on any atom is 0.137 e. The molecular formula is C44H37N3. The van der Waals surface area contributed by atoms with Crippen LogP contribution in [0.3, 0.4) is 0 Å². The van der Waals surface area contributed by atoms with E-state index in [0.29, 0.717) is 23.7 Å². The average Bonchev–Trinajstić information content (AvgIpc) is 3.72. The van der Waals surface area contributed by atoms with Crippen LogP contribution in [-0.2, 0) is 0 Å². The summed E-state index contributed by atoms with van der Waals surface area (Å²) < 4.78 is 2.10. The van der Waals surface area contributed by atoms with Gasteiger partial charge in [0.15, 0.2) is 0 Å². The lowest BCUT2D eigenvalue weighted by Crippen LogP contribution is -2.40. The third kappa shape index (κ3) is 4.15. The van der Waals surface area contributed by atoms with Crippen molar-refractivity contribution in [3.05, 3.63) is 184 Å². The van der Waals surface area contributed by atoms with Gasteiger partial charge in [0.1, 0.15) is 5.65 Å². The molecule has 3 nitrogen and oxygen atoms in total. The van der Waals surface area contributed by atoms with Crippen molar-refractivity contribution in [3.8, 4) is 0 Å². The van der Waals surface area contributed by atoms with Gasteiger partial charge in [0, 0.05) is 48.3 Å². The van der Waals surface area contributed by atoms with Crippen molar-refractivity contribution in [2.24, 2.45) is 23.7 Å². The van der Waals surface area contributed by atoms with Crippen LogP contribution in [0.1, 0.15) is 31.4 Å². The largest absolute Gasteiger partial charge is 0.381 e. The predicted octanol–water partition coefficient (Wildman–Crippen LogP) is 7.61. The minimum atomic E-state index is 0.315. The van der Waals surface area contributed by atoms with Crippen LogP contribution in [0.4, 0.5) is 0 Å². The number of benzene rings is 1. The molecule has 228 valence electrons. The van der Waals surface area contributed by atoms with Gasteiger partial charge in [0.05, 0.1) is 5.69 Å². The molecule has 0 radical (unpaired) electrons. The third-order valence-electron chi connectivity index (χ3n) is 11.3. The molecule has 47 heavy (non-hydrogen) atoms. The van der Waals surface area contributed by atoms with E-state index in [1.807, 2.05) is 12.1 Å². The summed E-state index contributed by atoms with van der Waals surface area (Å²) in [6, 6.07) is 15.5. The molecule has 2 aromatic heterocycles. The van der Waals surface area contributed by atoms with Gasteiger partial charge in [0.2, 0.25) is 0 Å². The second kappa shape index (κ2) is 10.7. The molecule has 0 bridgehead atoms. The first-order valence-electron chi connectivity index (χ1n) is 17.3. The molecule has 0 saturated heterocycles. The van der Waals surface area contributed by atoms with Crippen LogP contribution in [0.2, 0.25) is 0 Å². The van der Waals surface area contributed by atoms with Crippen molar-refractivity contribution in [3.63, 3.8) is 0 Å². The second-order valence-electron chi connectivity index (χ2n) is 13.7. The highest BCUT2D eigenvalue weighted by molar-refractivity contribution is 5.85. The number of fused-ring (bicyclic) bond motifs is 5. The van der Waals surface area contributed by atoms with Crippen LogP contribution >= 0.6 is 0 Å². The van der Waals surface area contributed by atoms with Crippen molar-refractivity contribution in [2.45, 2.75) is 25.7 Å². The fourth-order valence-corrected chi connectivity index (χ4v) is 9.35. The maximum absolute atomic E-state index is 4.88. The summed E-state index contributed by atoms with van der Waals surface area (Å²) >= 11 is 0. The monoisotopic (exact) mass is 607 g/mol. The van der Waals surface area contributed by atoms with E-state index < -0.39 is 0 Å². The Morgan fingerprint density at radius 1 is 0.660 bits per heavy atom. The zero-order chi connectivity index (χ0) is 30.9. The quantitative estimate of drug-likeness (QED) is 0.331. The van der Waals surface area contributed by atoms with E-state index >= 15 is 0 Å². The highest BCUT2D eigenvalue weighted by atomic mass is 15.0. The Labute approximate surface area is 275 Å². The van der Waals surface area contributed by atoms with E-state index in [1.54, 1.807) is 22.3 Å². The van der Waals surface area contributed by atoms with Gasteiger partial charge in [-0.3, -0.25) is 0 Å². The van der Waals surface area contributed by atoms with Crippen molar-refractivity contribution >= 4 is 22.4 Å². The Morgan fingerprint density at radius 2 is 1.38 bits per heavy atom. The predicted molar refractivity (Wildman–Crippen MR) is 192 cm³/mol. The summed E-state index contributed by atoms with van der Waals surface area (Å²) in [7, 11) is 0. The van der Waals surface area contributed by atoms with Crippen LogP contribution in [0.25, 0.3) is 22.4 Å². The summed E-state index contributed by atoms with van der Waals surface area (Å²) in [5.74, 6) is 1.40. The Kier molecular flexibility index (Phi) is 6.15. The Balaban J connectivity index is 1.11. The SMILES string of the molecule is C1=CCCC(C2=c3ccccc3=C(C3=CC=CCC3)C3C4=CC=C(C5=CC=C(c6cn7ccccc7n6)CN5)C5C=CC=C(C45)C23)=C1. The fourth-order valence-electron chi connectivity index (χ4n) is 9.35. The van der Waals surface area contributed by atoms with Gasteiger partial charge in [-0.2, -0.15) is 0 Å². The normalized spacial score (nSPS) is 27.0. The number of rotatable bonds is 4. The Hall–Kier alpha value is -5.15. The van der Waals surface area contributed by atoms with E-state index in [2.05, 4.69) is 131 Å². The lowest BCUT2D eigenvalue weighted by atomic mass is 9.69. The molecule has 1 aliphatic heterocycles. The first kappa shape index (κ1) is 27.0. The van der Waals surface area contributed by atoms with Gasteiger partial charge in [-0.05, 0) is 87.8 Å². The van der Waals surface area contributed by atoms with Crippen LogP contribution < -0.4 is 15.8 Å². The number of aromatic nitrogens is 2. The van der Waals surface area contributed by atoms with E-state index in [0.717, 1.165) is 43.6 Å². The number of imidazole rings is 1. The van der Waals surface area contributed by atoms with E-state index in [1.165, 1.54) is 38.4 Å². The van der Waals surface area contributed by atoms with Gasteiger partial charge in [-0.1, -0.05) is 114 Å². The van der Waals surface area contributed by atoms with E-state index in [9.17, 15) is 0 Å². The molecular weight excluding hydrogens is 571 g/mol. The van der Waals surface area contributed by atoms with Gasteiger partial charge in [-0.15, -0.1) is 0 Å². The van der Waals surface area contributed by atoms with Crippen LogP contribution in [-0.4, -0.2) is 15.9 Å². The number of pyridine rings is 1. The molecule has 4 atom stereocenters. The Bertz CT molecular complexity index is 2290. The number of hydrogen-bond acceptors (Lipinski definition) is 2. The summed E-state index contributed by atoms with van der Waals surface area (Å²) in [6.45, 7) is 0.771. The highest BCUT2D eigenvalue weighted by Gasteiger charge is 2.52. The molecule has 1 saturated carbocycles. The second-order valence-corrected chi connectivity index (χ2v) is 13.7. The molecule has 10 rings (SSSR count). The van der Waals surface area contributed by atoms with E-state index in [4.69, 9.17) is 4.98 Å². The number of nitrogens with zero attached hydrogens (tertiary/aromatic N) is 2. The molecule has 3 heteroatoms. The number of dihydropyridines is 1. The van der Waals surface area contributed by atoms with Gasteiger partial charge >= 0.3 is 0 Å². The minimum absolute atomic E-state index is 0.315. The lowest BCUT2D eigenvalue weighted by Gasteiger charge is -2.34. The molecule has 0 spiro atoms. The minimum Gasteiger partial charge on any atom is -0.381 e. The average molecular weight is 608 g/mol. The topological polar surface area (TPSA) is 29.3 Å². The summed E-state index contributed by atoms with van der Waals surface area (Å²) in [5, 5.41) is 6.70. The molecule has 1 fully saturated rings. The molecule has 7 aliphatic rings. The van der Waals surface area contributed by atoms with Crippen molar-refractivity contribution in [2.75, 3.05) is 6.54 Å². The maximum atomic E-state index is 4.88. The van der Waals surface area contributed by atoms with Gasteiger partial charge in [-0.25, -0.2) is 4.98 Å². The first-order valence-corrected chi connectivity index (χ1v) is 17.3. The third-order valence-corrected chi connectivity index (χ3v) is 11.3. The van der Waals surface area contributed by atoms with Crippen molar-refractivity contribution in [1.29, 1.82) is 0 Å². The molecule has 6 aliphatic carbocycles. The molecule has 3 heterocycles. The molecule has 4 unspecified atom stereocenters. The number of allylic oxidation sites excluding steroid dienone is 18. The Morgan fingerprint density at radius 3 is 2.04 bits per heavy atom. The van der Waals surface area contributed by atoms with Crippen molar-refractivity contribution < 1.29 is 0 Å². The molecule has 0 amide bonds. The van der Waals surface area contributed by atoms with Gasteiger partial charge in [0.25, 0.3) is 0 Å². The summed E-state index contributed by atoms with van der Waals surface area (Å²) in [6.07, 6.45) is 39.5. The lowest BCUT2D eigenvalue weighted by molar-refractivity contribution is 0.575. The summed E-state index contributed by atoms with van der Waals surface area (Å²) in [4.78, 5) is 4.88. The standard InChI is InChI=1S/C44H37N3/c1-3-12-28(13-4-1)40-33-16-7-8-17-34(33)41(29-14-5-2-6-15-29)44-36-23-22-31(32-18-11-19-35(42(32)36)43(40)44)37-24-21-30(26-45-37)38-27-47-25-10-9-20-39(47)46-38/h1-3,5,7-12,14,16-25,27,32,42-45H,4,6,13,15,26H2. The number of nitrogens with one attached hydrogen (secondary N) is 1. The van der Waals surface area contributed by atoms with Gasteiger partial charge < -0.3 is 9.72 Å². The zero-order valence-electron chi connectivity index (χ0n) is 26.4. The number of hydrogen-bond donors (Lipinski definition) is 1. The molecule has 1 aromatic carbocycles. The molecule has 1 N–H and O–H groups in total. The van der Waals surface area contributed by atoms with Crippen LogP contribution in [0.5, 0.6) is 0 Å². The summed E-state index contributed by atoms with van der Waals surface area (Å²) in [5.41, 5.74) is 15.2. The zero-order valence-corrected chi connectivity index (χ0v) is 26.4. The molecule has 3 aromatic rings. The highest BCUT2D eigenvalue weighted by Crippen LogP contribution is 2.61. The first-order chi connectivity index (χ1) is 23.3. The van der Waals surface area contributed by atoms with Crippen molar-refractivity contribution in [1.82, 2.24) is 14.7 Å². The van der Waals surface area contributed by atoms with E-state index in [-0.39, 0.29) is 0 Å². The smallest absolute Gasteiger partial charge is 0.137 e. The van der Waals surface area contributed by atoms with Crippen LogP contribution in [0, 0.1) is 23.7 Å². The van der Waals surface area contributed by atoms with Crippen LogP contribution in [0.15, 0.2) is 167 Å². The fraction of sp³-hybridized carbons (Fsp3) is 0.205.